The first-order chi connectivity index (χ1) is 7.13. The maximum atomic E-state index is 5.38. The second-order valence-electron chi connectivity index (χ2n) is 3.13. The predicted molar refractivity (Wildman–Crippen MR) is 64.5 cm³/mol. The number of terminal acetylenes is 1. The molecule has 0 aromatic heterocycles. The minimum atomic E-state index is 0.0566. The summed E-state index contributed by atoms with van der Waals surface area (Å²) < 4.78 is 11.3. The van der Waals surface area contributed by atoms with E-state index >= 15 is 0 Å². The molecule has 0 saturated carbocycles. The van der Waals surface area contributed by atoms with Crippen LogP contribution in [-0.4, -0.2) is 14.2 Å². The molecule has 0 radical (unpaired) electrons. The molecule has 80 valence electrons. The van der Waals surface area contributed by atoms with Gasteiger partial charge in [0, 0.05) is 5.92 Å². The highest BCUT2D eigenvalue weighted by Crippen LogP contribution is 2.37. The van der Waals surface area contributed by atoms with Gasteiger partial charge in [0.05, 0.1) is 18.7 Å². The fourth-order valence-electron chi connectivity index (χ4n) is 1.28. The number of methoxy groups -OCH3 is 2. The van der Waals surface area contributed by atoms with Crippen molar-refractivity contribution >= 4 is 15.9 Å². The van der Waals surface area contributed by atoms with Gasteiger partial charge in [0.25, 0.3) is 0 Å². The van der Waals surface area contributed by atoms with Crippen LogP contribution in [0.5, 0.6) is 11.5 Å². The maximum Gasteiger partial charge on any atom is 0.174 e. The molecule has 0 heterocycles. The monoisotopic (exact) mass is 268 g/mol. The van der Waals surface area contributed by atoms with Crippen LogP contribution in [0.3, 0.4) is 0 Å². The first kappa shape index (κ1) is 11.9. The molecule has 0 saturated heterocycles. The number of benzene rings is 1. The highest BCUT2D eigenvalue weighted by molar-refractivity contribution is 9.10. The molecule has 0 aliphatic carbocycles. The van der Waals surface area contributed by atoms with Gasteiger partial charge in [-0.05, 0) is 40.5 Å². The van der Waals surface area contributed by atoms with Gasteiger partial charge < -0.3 is 9.47 Å². The van der Waals surface area contributed by atoms with Crippen LogP contribution in [0.1, 0.15) is 18.4 Å². The Kier molecular flexibility index (Phi) is 4.05. The highest BCUT2D eigenvalue weighted by Gasteiger charge is 2.12. The van der Waals surface area contributed by atoms with E-state index in [4.69, 9.17) is 15.9 Å². The molecule has 0 bridgehead atoms. The van der Waals surface area contributed by atoms with Crippen molar-refractivity contribution in [2.24, 2.45) is 0 Å². The molecule has 0 aliphatic heterocycles. The number of ether oxygens (including phenoxy) is 2. The Morgan fingerprint density at radius 1 is 1.33 bits per heavy atom. The molecule has 15 heavy (non-hydrogen) atoms. The third-order valence-corrected chi connectivity index (χ3v) is 2.79. The van der Waals surface area contributed by atoms with Gasteiger partial charge in [0.15, 0.2) is 11.5 Å². The van der Waals surface area contributed by atoms with Gasteiger partial charge in [-0.15, -0.1) is 6.42 Å². The summed E-state index contributed by atoms with van der Waals surface area (Å²) in [6, 6.07) is 3.85. The maximum absolute atomic E-state index is 5.38. The lowest BCUT2D eigenvalue weighted by Gasteiger charge is -2.13. The van der Waals surface area contributed by atoms with E-state index in [1.54, 1.807) is 14.2 Å². The molecule has 1 aromatic rings. The van der Waals surface area contributed by atoms with Crippen LogP contribution in [0.4, 0.5) is 0 Å². The lowest BCUT2D eigenvalue weighted by molar-refractivity contribution is 0.352. The lowest BCUT2D eigenvalue weighted by Crippen LogP contribution is -1.96. The standard InChI is InChI=1S/C12H13BrO2/c1-5-8(2)9-6-10(13)12(15-4)11(7-9)14-3/h1,6-8H,2-4H3. The van der Waals surface area contributed by atoms with Gasteiger partial charge in [-0.1, -0.05) is 5.92 Å². The average Bonchev–Trinajstić information content (AvgIpc) is 2.26. The van der Waals surface area contributed by atoms with Crippen molar-refractivity contribution < 1.29 is 9.47 Å². The van der Waals surface area contributed by atoms with Crippen LogP contribution >= 0.6 is 15.9 Å². The predicted octanol–water partition coefficient (Wildman–Crippen LogP) is 3.20. The van der Waals surface area contributed by atoms with E-state index < -0.39 is 0 Å². The van der Waals surface area contributed by atoms with Gasteiger partial charge in [0.2, 0.25) is 0 Å². The number of halogens is 1. The van der Waals surface area contributed by atoms with E-state index in [9.17, 15) is 0 Å². The van der Waals surface area contributed by atoms with Crippen LogP contribution in [0.2, 0.25) is 0 Å². The van der Waals surface area contributed by atoms with Gasteiger partial charge in [-0.3, -0.25) is 0 Å². The van der Waals surface area contributed by atoms with E-state index in [0.29, 0.717) is 11.5 Å². The molecular weight excluding hydrogens is 256 g/mol. The Balaban J connectivity index is 3.26. The molecule has 0 spiro atoms. The summed E-state index contributed by atoms with van der Waals surface area (Å²) in [5, 5.41) is 0. The van der Waals surface area contributed by atoms with Crippen molar-refractivity contribution in [1.82, 2.24) is 0 Å². The molecule has 1 unspecified atom stereocenters. The lowest BCUT2D eigenvalue weighted by atomic mass is 10.0. The van der Waals surface area contributed by atoms with E-state index in [-0.39, 0.29) is 5.92 Å². The van der Waals surface area contributed by atoms with Crippen LogP contribution in [0.25, 0.3) is 0 Å². The largest absolute Gasteiger partial charge is 0.493 e. The molecular formula is C12H13BrO2. The molecule has 3 heteroatoms. The minimum absolute atomic E-state index is 0.0566. The SMILES string of the molecule is C#CC(C)c1cc(Br)c(OC)c(OC)c1. The van der Waals surface area contributed by atoms with E-state index in [2.05, 4.69) is 21.9 Å². The zero-order valence-electron chi connectivity index (χ0n) is 9.00. The van der Waals surface area contributed by atoms with Crippen LogP contribution in [-0.2, 0) is 0 Å². The summed E-state index contributed by atoms with van der Waals surface area (Å²) in [7, 11) is 3.21. The topological polar surface area (TPSA) is 18.5 Å². The summed E-state index contributed by atoms with van der Waals surface area (Å²) >= 11 is 3.42. The third kappa shape index (κ3) is 2.45. The Morgan fingerprint density at radius 3 is 2.47 bits per heavy atom. The average molecular weight is 269 g/mol. The van der Waals surface area contributed by atoms with Crippen LogP contribution < -0.4 is 9.47 Å². The summed E-state index contributed by atoms with van der Waals surface area (Å²) in [6.45, 7) is 1.97. The zero-order valence-corrected chi connectivity index (χ0v) is 10.6. The fourth-order valence-corrected chi connectivity index (χ4v) is 1.91. The molecule has 1 atom stereocenters. The van der Waals surface area contributed by atoms with E-state index in [1.807, 2.05) is 19.1 Å². The Bertz CT molecular complexity index is 393. The summed E-state index contributed by atoms with van der Waals surface area (Å²) in [5.74, 6) is 4.11. The van der Waals surface area contributed by atoms with Crippen LogP contribution in [0.15, 0.2) is 16.6 Å². The van der Waals surface area contributed by atoms with Crippen molar-refractivity contribution in [2.75, 3.05) is 14.2 Å². The van der Waals surface area contributed by atoms with Crippen molar-refractivity contribution in [3.63, 3.8) is 0 Å². The molecule has 1 rings (SSSR count). The van der Waals surface area contributed by atoms with Gasteiger partial charge >= 0.3 is 0 Å². The molecule has 0 aliphatic rings. The molecule has 0 amide bonds. The second kappa shape index (κ2) is 5.09. The van der Waals surface area contributed by atoms with Gasteiger partial charge in [0.1, 0.15) is 0 Å². The normalized spacial score (nSPS) is 11.7. The van der Waals surface area contributed by atoms with Crippen molar-refractivity contribution in [3.05, 3.63) is 22.2 Å². The molecule has 0 N–H and O–H groups in total. The van der Waals surface area contributed by atoms with Gasteiger partial charge in [-0.25, -0.2) is 0 Å². The number of hydrogen-bond acceptors (Lipinski definition) is 2. The zero-order chi connectivity index (χ0) is 11.4. The molecule has 1 aromatic carbocycles. The Labute approximate surface area is 98.7 Å². The minimum Gasteiger partial charge on any atom is -0.493 e. The highest BCUT2D eigenvalue weighted by atomic mass is 79.9. The summed E-state index contributed by atoms with van der Waals surface area (Å²) in [6.07, 6.45) is 5.38. The Morgan fingerprint density at radius 2 is 2.00 bits per heavy atom. The first-order valence-electron chi connectivity index (χ1n) is 4.51. The molecule has 2 nitrogen and oxygen atoms in total. The van der Waals surface area contributed by atoms with Gasteiger partial charge in [-0.2, -0.15) is 0 Å². The van der Waals surface area contributed by atoms with Crippen molar-refractivity contribution in [1.29, 1.82) is 0 Å². The summed E-state index contributed by atoms with van der Waals surface area (Å²) in [5.41, 5.74) is 1.03. The van der Waals surface area contributed by atoms with Crippen molar-refractivity contribution in [3.8, 4) is 23.8 Å². The fraction of sp³-hybridized carbons (Fsp3) is 0.333. The first-order valence-corrected chi connectivity index (χ1v) is 5.30. The molecule has 0 fully saturated rings. The van der Waals surface area contributed by atoms with Crippen LogP contribution in [0, 0.1) is 12.3 Å². The smallest absolute Gasteiger partial charge is 0.174 e. The van der Waals surface area contributed by atoms with E-state index in [0.717, 1.165) is 10.0 Å². The summed E-state index contributed by atoms with van der Waals surface area (Å²) in [4.78, 5) is 0. The van der Waals surface area contributed by atoms with Crippen molar-refractivity contribution in [2.45, 2.75) is 12.8 Å². The number of rotatable bonds is 3. The van der Waals surface area contributed by atoms with E-state index in [1.165, 1.54) is 0 Å². The Hall–Kier alpha value is -1.14. The second-order valence-corrected chi connectivity index (χ2v) is 3.98. The third-order valence-electron chi connectivity index (χ3n) is 2.21. The quantitative estimate of drug-likeness (QED) is 0.784. The number of hydrogen-bond donors (Lipinski definition) is 0.